The van der Waals surface area contributed by atoms with Gasteiger partial charge in [-0.3, -0.25) is 9.36 Å². The van der Waals surface area contributed by atoms with Crippen LogP contribution in [-0.2, 0) is 19.4 Å². The number of furan rings is 1. The Hall–Kier alpha value is -4.56. The summed E-state index contributed by atoms with van der Waals surface area (Å²) in [4.78, 5) is 19.7. The van der Waals surface area contributed by atoms with E-state index in [1.165, 1.54) is 11.3 Å². The molecule has 1 N–H and O–H groups in total. The maximum atomic E-state index is 14.1. The molecule has 0 spiro atoms. The van der Waals surface area contributed by atoms with Crippen molar-refractivity contribution in [2.45, 2.75) is 19.4 Å². The van der Waals surface area contributed by atoms with Crippen LogP contribution in [0.5, 0.6) is 17.2 Å². The number of phenols is 1. The molecular weight excluding hydrogens is 512 g/mol. The normalized spacial score (nSPS) is 11.3. The highest BCUT2D eigenvalue weighted by atomic mass is 32.1. The molecule has 0 fully saturated rings. The van der Waals surface area contributed by atoms with Gasteiger partial charge in [0.15, 0.2) is 11.5 Å². The Morgan fingerprint density at radius 2 is 1.72 bits per heavy atom. The fraction of sp³-hybridized carbons (Fsp3) is 0.161. The summed E-state index contributed by atoms with van der Waals surface area (Å²) in [5, 5.41) is 12.2. The zero-order chi connectivity index (χ0) is 26.9. The predicted octanol–water partition coefficient (Wildman–Crippen LogP) is 6.16. The fourth-order valence-electron chi connectivity index (χ4n) is 4.91. The van der Waals surface area contributed by atoms with Crippen LogP contribution in [0.3, 0.4) is 0 Å². The Bertz CT molecular complexity index is 1840. The van der Waals surface area contributed by atoms with Gasteiger partial charge in [-0.15, -0.1) is 11.3 Å². The van der Waals surface area contributed by atoms with Crippen molar-refractivity contribution in [3.05, 3.63) is 118 Å². The van der Waals surface area contributed by atoms with E-state index in [9.17, 15) is 9.90 Å². The zero-order valence-electron chi connectivity index (χ0n) is 21.5. The number of benzene rings is 3. The number of aromatic nitrogens is 2. The zero-order valence-corrected chi connectivity index (χ0v) is 22.3. The molecule has 0 unspecified atom stereocenters. The van der Waals surface area contributed by atoms with Crippen LogP contribution in [0.25, 0.3) is 20.3 Å². The van der Waals surface area contributed by atoms with Crippen molar-refractivity contribution in [2.75, 3.05) is 14.2 Å². The number of fused-ring (bicyclic) bond motifs is 3. The lowest BCUT2D eigenvalue weighted by atomic mass is 10.0. The van der Waals surface area contributed by atoms with E-state index in [0.29, 0.717) is 56.2 Å². The lowest BCUT2D eigenvalue weighted by Crippen LogP contribution is -2.25. The third-order valence-electron chi connectivity index (χ3n) is 6.77. The van der Waals surface area contributed by atoms with Crippen molar-refractivity contribution in [3.63, 3.8) is 0 Å². The van der Waals surface area contributed by atoms with Gasteiger partial charge in [0, 0.05) is 11.8 Å². The quantitative estimate of drug-likeness (QED) is 0.250. The van der Waals surface area contributed by atoms with Crippen LogP contribution in [0.1, 0.15) is 28.3 Å². The molecule has 0 saturated heterocycles. The van der Waals surface area contributed by atoms with Gasteiger partial charge >= 0.3 is 0 Å². The van der Waals surface area contributed by atoms with Crippen LogP contribution in [0.4, 0.5) is 0 Å². The number of aromatic hydroxyl groups is 1. The van der Waals surface area contributed by atoms with Crippen LogP contribution >= 0.6 is 11.3 Å². The Morgan fingerprint density at radius 1 is 0.897 bits per heavy atom. The van der Waals surface area contributed by atoms with E-state index in [1.807, 2.05) is 60.7 Å². The molecular formula is C31H26N2O5S. The second-order valence-electron chi connectivity index (χ2n) is 9.30. The van der Waals surface area contributed by atoms with Gasteiger partial charge in [0.1, 0.15) is 22.2 Å². The molecule has 0 aliphatic rings. The standard InChI is InChI=1S/C31H26N2O5S/c1-36-25-11-10-20(16-26(25)37-2)17-27-32-30-28(31(35)33(27)18-22-9-6-12-38-22)23-14-21(15-24(34)29(23)39-30)13-19-7-4-3-5-8-19/h3-12,14-16,34H,13,17-18H2,1-2H3. The summed E-state index contributed by atoms with van der Waals surface area (Å²) < 4.78 is 18.7. The number of rotatable bonds is 8. The number of thiophene rings is 1. The SMILES string of the molecule is COc1ccc(Cc2nc3sc4c(O)cc(Cc5ccccc5)cc4c3c(=O)n2Cc2ccco2)cc1OC. The first-order valence-corrected chi connectivity index (χ1v) is 13.3. The fourth-order valence-corrected chi connectivity index (χ4v) is 5.98. The van der Waals surface area contributed by atoms with Gasteiger partial charge in [-0.2, -0.15) is 0 Å². The summed E-state index contributed by atoms with van der Waals surface area (Å²) in [6.07, 6.45) is 2.63. The van der Waals surface area contributed by atoms with Crippen LogP contribution < -0.4 is 15.0 Å². The Balaban J connectivity index is 1.51. The average molecular weight is 539 g/mol. The molecule has 8 heteroatoms. The second-order valence-corrected chi connectivity index (χ2v) is 10.3. The molecule has 196 valence electrons. The molecule has 0 aliphatic carbocycles. The van der Waals surface area contributed by atoms with Gasteiger partial charge in [0.05, 0.1) is 37.1 Å². The largest absolute Gasteiger partial charge is 0.506 e. The molecule has 0 saturated carbocycles. The van der Waals surface area contributed by atoms with Crippen molar-refractivity contribution in [3.8, 4) is 17.2 Å². The minimum absolute atomic E-state index is 0.153. The Kier molecular flexibility index (Phi) is 6.54. The lowest BCUT2D eigenvalue weighted by Gasteiger charge is -2.13. The van der Waals surface area contributed by atoms with Crippen LogP contribution in [0.15, 0.2) is 88.3 Å². The van der Waals surface area contributed by atoms with Crippen LogP contribution in [-0.4, -0.2) is 28.9 Å². The minimum Gasteiger partial charge on any atom is -0.506 e. The molecule has 6 rings (SSSR count). The van der Waals surface area contributed by atoms with Crippen molar-refractivity contribution in [1.29, 1.82) is 0 Å². The number of nitrogens with zero attached hydrogens (tertiary/aromatic N) is 2. The topological polar surface area (TPSA) is 86.7 Å². The summed E-state index contributed by atoms with van der Waals surface area (Å²) in [5.74, 6) is 2.63. The number of hydrogen-bond donors (Lipinski definition) is 1. The van der Waals surface area contributed by atoms with Gasteiger partial charge < -0.3 is 19.0 Å². The first-order chi connectivity index (χ1) is 19.0. The first-order valence-electron chi connectivity index (χ1n) is 12.5. The third kappa shape index (κ3) is 4.75. The predicted molar refractivity (Wildman–Crippen MR) is 152 cm³/mol. The van der Waals surface area contributed by atoms with Crippen LogP contribution in [0, 0.1) is 0 Å². The molecule has 6 aromatic rings. The Morgan fingerprint density at radius 3 is 2.46 bits per heavy atom. The van der Waals surface area contributed by atoms with E-state index in [1.54, 1.807) is 37.2 Å². The summed E-state index contributed by atoms with van der Waals surface area (Å²) in [5.41, 5.74) is 2.80. The van der Waals surface area contributed by atoms with E-state index < -0.39 is 0 Å². The molecule has 0 amide bonds. The maximum Gasteiger partial charge on any atom is 0.263 e. The molecule has 39 heavy (non-hydrogen) atoms. The molecule has 0 radical (unpaired) electrons. The van der Waals surface area contributed by atoms with Crippen LogP contribution in [0.2, 0.25) is 0 Å². The number of hydrogen-bond acceptors (Lipinski definition) is 7. The number of methoxy groups -OCH3 is 2. The third-order valence-corrected chi connectivity index (χ3v) is 7.89. The summed E-state index contributed by atoms with van der Waals surface area (Å²) in [6.45, 7) is 0.241. The molecule has 3 aromatic heterocycles. The minimum atomic E-state index is -0.172. The highest BCUT2D eigenvalue weighted by molar-refractivity contribution is 7.25. The number of ether oxygens (including phenoxy) is 2. The monoisotopic (exact) mass is 538 g/mol. The van der Waals surface area contributed by atoms with Gasteiger partial charge in [0.2, 0.25) is 0 Å². The van der Waals surface area contributed by atoms with E-state index >= 15 is 0 Å². The average Bonchev–Trinajstić information content (AvgIpc) is 3.59. The summed E-state index contributed by atoms with van der Waals surface area (Å²) in [6, 6.07) is 23.1. The molecule has 0 aliphatic heterocycles. The van der Waals surface area contributed by atoms with Gasteiger partial charge in [-0.25, -0.2) is 4.98 Å². The second kappa shape index (κ2) is 10.3. The van der Waals surface area contributed by atoms with Crippen molar-refractivity contribution >= 4 is 31.6 Å². The van der Waals surface area contributed by atoms with E-state index in [4.69, 9.17) is 18.9 Å². The highest BCUT2D eigenvalue weighted by Crippen LogP contribution is 2.38. The molecule has 3 heterocycles. The highest BCUT2D eigenvalue weighted by Gasteiger charge is 2.20. The number of phenolic OH excluding ortho intramolecular Hbond substituents is 1. The van der Waals surface area contributed by atoms with Gasteiger partial charge in [-0.1, -0.05) is 36.4 Å². The van der Waals surface area contributed by atoms with E-state index in [0.717, 1.165) is 16.7 Å². The van der Waals surface area contributed by atoms with Crippen molar-refractivity contribution < 1.29 is 19.0 Å². The van der Waals surface area contributed by atoms with Crippen molar-refractivity contribution in [1.82, 2.24) is 9.55 Å². The van der Waals surface area contributed by atoms with Crippen molar-refractivity contribution in [2.24, 2.45) is 0 Å². The summed E-state index contributed by atoms with van der Waals surface area (Å²) in [7, 11) is 3.19. The smallest absolute Gasteiger partial charge is 0.263 e. The molecule has 7 nitrogen and oxygen atoms in total. The van der Waals surface area contributed by atoms with Gasteiger partial charge in [-0.05, 0) is 59.5 Å². The molecule has 0 bridgehead atoms. The maximum absolute atomic E-state index is 14.1. The van der Waals surface area contributed by atoms with E-state index in [2.05, 4.69) is 0 Å². The molecule has 3 aromatic carbocycles. The summed E-state index contributed by atoms with van der Waals surface area (Å²) >= 11 is 1.33. The first kappa shape index (κ1) is 24.8. The molecule has 0 atom stereocenters. The Labute approximate surface area is 228 Å². The van der Waals surface area contributed by atoms with E-state index in [-0.39, 0.29) is 17.9 Å². The lowest BCUT2D eigenvalue weighted by molar-refractivity contribution is 0.354. The van der Waals surface area contributed by atoms with Gasteiger partial charge in [0.25, 0.3) is 5.56 Å².